The molecule has 0 amide bonds. The van der Waals surface area contributed by atoms with Gasteiger partial charge in [0.2, 0.25) is 0 Å². The Morgan fingerprint density at radius 1 is 1.12 bits per heavy atom. The highest BCUT2D eigenvalue weighted by Crippen LogP contribution is 2.26. The number of hydrogen-bond donors (Lipinski definition) is 1. The van der Waals surface area contributed by atoms with Gasteiger partial charge in [0.1, 0.15) is 0 Å². The predicted octanol–water partition coefficient (Wildman–Crippen LogP) is 4.39. The van der Waals surface area contributed by atoms with E-state index in [4.69, 9.17) is 4.42 Å². The summed E-state index contributed by atoms with van der Waals surface area (Å²) in [4.78, 5) is 20.0. The standard InChI is InChI=1S/C21H18N2O2/c1-13-4-3-5-15(6-13)8-16-9-20(24)18-10-17(21-11-22-12-25-21)14(2)7-19(18)23-16/h3-7,9-12H,8H2,1-2H3,(H,23,24). The van der Waals surface area contributed by atoms with E-state index in [-0.39, 0.29) is 5.43 Å². The number of pyridine rings is 1. The molecule has 124 valence electrons. The number of aromatic amines is 1. The first-order valence-electron chi connectivity index (χ1n) is 8.21. The quantitative estimate of drug-likeness (QED) is 0.606. The third kappa shape index (κ3) is 2.98. The summed E-state index contributed by atoms with van der Waals surface area (Å²) >= 11 is 0. The summed E-state index contributed by atoms with van der Waals surface area (Å²) in [5.74, 6) is 0.669. The predicted molar refractivity (Wildman–Crippen MR) is 98.8 cm³/mol. The molecule has 0 aliphatic heterocycles. The van der Waals surface area contributed by atoms with Crippen molar-refractivity contribution < 1.29 is 4.42 Å². The maximum atomic E-state index is 12.6. The van der Waals surface area contributed by atoms with E-state index < -0.39 is 0 Å². The number of nitrogens with one attached hydrogen (secondary N) is 1. The van der Waals surface area contributed by atoms with E-state index in [2.05, 4.69) is 35.1 Å². The van der Waals surface area contributed by atoms with Gasteiger partial charge >= 0.3 is 0 Å². The first-order valence-corrected chi connectivity index (χ1v) is 8.21. The minimum absolute atomic E-state index is 0.0113. The molecule has 4 rings (SSSR count). The molecule has 2 aromatic carbocycles. The van der Waals surface area contributed by atoms with E-state index in [0.29, 0.717) is 17.6 Å². The number of nitrogens with zero attached hydrogens (tertiary/aromatic N) is 1. The summed E-state index contributed by atoms with van der Waals surface area (Å²) in [6, 6.07) is 13.9. The Morgan fingerprint density at radius 3 is 2.76 bits per heavy atom. The van der Waals surface area contributed by atoms with Crippen LogP contribution in [0.4, 0.5) is 0 Å². The molecule has 4 heteroatoms. The number of benzene rings is 2. The van der Waals surface area contributed by atoms with E-state index in [1.165, 1.54) is 17.5 Å². The van der Waals surface area contributed by atoms with E-state index in [0.717, 1.165) is 22.3 Å². The van der Waals surface area contributed by atoms with Gasteiger partial charge in [-0.2, -0.15) is 0 Å². The Labute approximate surface area is 145 Å². The number of aryl methyl sites for hydroxylation is 2. The zero-order valence-electron chi connectivity index (χ0n) is 14.2. The number of fused-ring (bicyclic) bond motifs is 1. The summed E-state index contributed by atoms with van der Waals surface area (Å²) in [6.45, 7) is 4.07. The smallest absolute Gasteiger partial charge is 0.189 e. The normalized spacial score (nSPS) is 11.1. The fourth-order valence-corrected chi connectivity index (χ4v) is 3.21. The van der Waals surface area contributed by atoms with Crippen LogP contribution in [0, 0.1) is 13.8 Å². The average Bonchev–Trinajstić information content (AvgIpc) is 3.08. The van der Waals surface area contributed by atoms with Crippen LogP contribution in [0.15, 0.2) is 64.3 Å². The number of aromatic nitrogens is 2. The van der Waals surface area contributed by atoms with Gasteiger partial charge in [0.05, 0.1) is 6.20 Å². The zero-order valence-corrected chi connectivity index (χ0v) is 14.2. The molecule has 0 atom stereocenters. The maximum Gasteiger partial charge on any atom is 0.189 e. The van der Waals surface area contributed by atoms with Crippen LogP contribution in [0.2, 0.25) is 0 Å². The summed E-state index contributed by atoms with van der Waals surface area (Å²) in [7, 11) is 0. The minimum Gasteiger partial charge on any atom is -0.444 e. The maximum absolute atomic E-state index is 12.6. The largest absolute Gasteiger partial charge is 0.444 e. The molecule has 2 aromatic heterocycles. The molecular weight excluding hydrogens is 312 g/mol. The number of hydrogen-bond acceptors (Lipinski definition) is 3. The Morgan fingerprint density at radius 2 is 2.00 bits per heavy atom. The van der Waals surface area contributed by atoms with Gasteiger partial charge in [0.25, 0.3) is 0 Å². The van der Waals surface area contributed by atoms with Gasteiger partial charge in [-0.25, -0.2) is 4.98 Å². The summed E-state index contributed by atoms with van der Waals surface area (Å²) in [6.07, 6.45) is 3.76. The molecule has 0 spiro atoms. The Kier molecular flexibility index (Phi) is 3.73. The van der Waals surface area contributed by atoms with Gasteiger partial charge in [0.15, 0.2) is 17.6 Å². The first kappa shape index (κ1) is 15.4. The SMILES string of the molecule is Cc1cccc(Cc2cc(=O)c3cc(-c4cnco4)c(C)cc3[nH]2)c1. The molecule has 0 bridgehead atoms. The number of H-pyrrole nitrogens is 1. The van der Waals surface area contributed by atoms with Crippen molar-refractivity contribution in [1.29, 1.82) is 0 Å². The topological polar surface area (TPSA) is 58.9 Å². The lowest BCUT2D eigenvalue weighted by Gasteiger charge is -2.09. The summed E-state index contributed by atoms with van der Waals surface area (Å²) < 4.78 is 5.38. The van der Waals surface area contributed by atoms with Crippen molar-refractivity contribution in [1.82, 2.24) is 9.97 Å². The van der Waals surface area contributed by atoms with Crippen molar-refractivity contribution in [2.75, 3.05) is 0 Å². The van der Waals surface area contributed by atoms with Crippen molar-refractivity contribution in [2.45, 2.75) is 20.3 Å². The molecule has 0 saturated carbocycles. The van der Waals surface area contributed by atoms with Crippen LogP contribution in [-0.2, 0) is 6.42 Å². The third-order valence-corrected chi connectivity index (χ3v) is 4.41. The van der Waals surface area contributed by atoms with Gasteiger partial charge in [-0.15, -0.1) is 0 Å². The second-order valence-corrected chi connectivity index (χ2v) is 6.40. The van der Waals surface area contributed by atoms with Crippen LogP contribution in [0.5, 0.6) is 0 Å². The third-order valence-electron chi connectivity index (χ3n) is 4.41. The van der Waals surface area contributed by atoms with E-state index in [1.54, 1.807) is 12.3 Å². The molecule has 4 nitrogen and oxygen atoms in total. The van der Waals surface area contributed by atoms with E-state index >= 15 is 0 Å². The average molecular weight is 330 g/mol. The molecule has 0 aliphatic rings. The lowest BCUT2D eigenvalue weighted by atomic mass is 10.0. The number of oxazole rings is 1. The first-order chi connectivity index (χ1) is 12.1. The minimum atomic E-state index is 0.0113. The molecule has 1 N–H and O–H groups in total. The molecule has 25 heavy (non-hydrogen) atoms. The lowest BCUT2D eigenvalue weighted by molar-refractivity contribution is 0.571. The second-order valence-electron chi connectivity index (χ2n) is 6.40. The number of rotatable bonds is 3. The van der Waals surface area contributed by atoms with Crippen molar-refractivity contribution in [3.8, 4) is 11.3 Å². The Bertz CT molecular complexity index is 1110. The van der Waals surface area contributed by atoms with Crippen LogP contribution in [0.1, 0.15) is 22.4 Å². The van der Waals surface area contributed by atoms with Gasteiger partial charge in [0, 0.05) is 34.6 Å². The highest BCUT2D eigenvalue weighted by molar-refractivity contribution is 5.85. The van der Waals surface area contributed by atoms with Crippen molar-refractivity contribution in [2.24, 2.45) is 0 Å². The highest BCUT2D eigenvalue weighted by atomic mass is 16.3. The summed E-state index contributed by atoms with van der Waals surface area (Å²) in [5, 5.41) is 0.657. The molecule has 4 aromatic rings. The van der Waals surface area contributed by atoms with Crippen molar-refractivity contribution >= 4 is 10.9 Å². The molecule has 0 unspecified atom stereocenters. The van der Waals surface area contributed by atoms with Crippen LogP contribution in [0.3, 0.4) is 0 Å². The second kappa shape index (κ2) is 6.06. The van der Waals surface area contributed by atoms with Gasteiger partial charge in [-0.05, 0) is 37.1 Å². The van der Waals surface area contributed by atoms with Crippen molar-refractivity contribution in [3.63, 3.8) is 0 Å². The lowest BCUT2D eigenvalue weighted by Crippen LogP contribution is -2.06. The molecular formula is C21H18N2O2. The van der Waals surface area contributed by atoms with Crippen LogP contribution < -0.4 is 5.43 Å². The van der Waals surface area contributed by atoms with Crippen LogP contribution in [-0.4, -0.2) is 9.97 Å². The highest BCUT2D eigenvalue weighted by Gasteiger charge is 2.10. The summed E-state index contributed by atoms with van der Waals surface area (Å²) in [5.41, 5.74) is 6.09. The molecule has 0 saturated heterocycles. The van der Waals surface area contributed by atoms with E-state index in [9.17, 15) is 4.79 Å². The van der Waals surface area contributed by atoms with Gasteiger partial charge < -0.3 is 9.40 Å². The molecule has 0 fully saturated rings. The molecule has 0 aliphatic carbocycles. The fourth-order valence-electron chi connectivity index (χ4n) is 3.21. The van der Waals surface area contributed by atoms with Crippen LogP contribution >= 0.6 is 0 Å². The monoisotopic (exact) mass is 330 g/mol. The molecule has 0 radical (unpaired) electrons. The molecule has 2 heterocycles. The van der Waals surface area contributed by atoms with E-state index in [1.807, 2.05) is 25.1 Å². The van der Waals surface area contributed by atoms with Gasteiger partial charge in [-0.3, -0.25) is 4.79 Å². The van der Waals surface area contributed by atoms with Crippen LogP contribution in [0.25, 0.3) is 22.2 Å². The fraction of sp³-hybridized carbons (Fsp3) is 0.143. The Balaban J connectivity index is 1.80. The van der Waals surface area contributed by atoms with Gasteiger partial charge in [-0.1, -0.05) is 29.8 Å². The van der Waals surface area contributed by atoms with Crippen molar-refractivity contribution in [3.05, 3.63) is 87.7 Å². The zero-order chi connectivity index (χ0) is 17.4. The Hall–Kier alpha value is -3.14.